The third-order valence-corrected chi connectivity index (χ3v) is 18.3. The van der Waals surface area contributed by atoms with E-state index in [1.54, 1.807) is 48.5 Å². The van der Waals surface area contributed by atoms with E-state index in [4.69, 9.17) is 52.1 Å². The van der Waals surface area contributed by atoms with E-state index >= 15 is 0 Å². The van der Waals surface area contributed by atoms with Gasteiger partial charge in [0.05, 0.1) is 55.3 Å². The molecular formula is C78H74Cl4F3N13O4. The Bertz CT molecular complexity index is 4970. The van der Waals surface area contributed by atoms with Gasteiger partial charge < -0.3 is 41.5 Å². The Balaban J connectivity index is 0.000000173. The summed E-state index contributed by atoms with van der Waals surface area (Å²) in [5.41, 5.74) is 12.7. The number of aliphatic hydroxyl groups is 1. The minimum atomic E-state index is -0.590. The van der Waals surface area contributed by atoms with Gasteiger partial charge in [-0.3, -0.25) is 14.4 Å². The molecule has 524 valence electrons. The van der Waals surface area contributed by atoms with Gasteiger partial charge in [-0.2, -0.15) is 0 Å². The largest absolute Gasteiger partial charge is 0.398 e. The van der Waals surface area contributed by atoms with Crippen molar-refractivity contribution in [2.45, 2.75) is 52.9 Å². The molecule has 0 bridgehead atoms. The van der Waals surface area contributed by atoms with Crippen LogP contribution in [-0.2, 0) is 27.2 Å². The van der Waals surface area contributed by atoms with Crippen LogP contribution in [0.4, 0.5) is 53.4 Å². The summed E-state index contributed by atoms with van der Waals surface area (Å²) in [5, 5.41) is 19.8. The van der Waals surface area contributed by atoms with Crippen molar-refractivity contribution in [1.82, 2.24) is 44.6 Å². The summed E-state index contributed by atoms with van der Waals surface area (Å²) in [4.78, 5) is 67.0. The van der Waals surface area contributed by atoms with Gasteiger partial charge in [-0.1, -0.05) is 108 Å². The van der Waals surface area contributed by atoms with Crippen LogP contribution in [0.5, 0.6) is 0 Å². The highest BCUT2D eigenvalue weighted by Gasteiger charge is 2.32. The predicted molar refractivity (Wildman–Crippen MR) is 403 cm³/mol. The van der Waals surface area contributed by atoms with Gasteiger partial charge in [0.15, 0.2) is 29.0 Å². The summed E-state index contributed by atoms with van der Waals surface area (Å²) in [6, 6.07) is 25.0. The number of anilines is 7. The number of carbonyl (C=O) groups is 3. The van der Waals surface area contributed by atoms with Gasteiger partial charge in [0.2, 0.25) is 5.24 Å². The van der Waals surface area contributed by atoms with Gasteiger partial charge in [0, 0.05) is 92.8 Å². The van der Waals surface area contributed by atoms with Crippen LogP contribution in [-0.4, -0.2) is 134 Å². The average molecular weight is 1460 g/mol. The number of hydrogen-bond acceptors (Lipinski definition) is 17. The molecule has 3 aliphatic rings. The lowest BCUT2D eigenvalue weighted by Crippen LogP contribution is -2.20. The van der Waals surface area contributed by atoms with Crippen LogP contribution in [0.1, 0.15) is 67.9 Å². The smallest absolute Gasteiger partial charge is 0.244 e. The molecule has 0 spiro atoms. The van der Waals surface area contributed by atoms with Crippen molar-refractivity contribution in [3.8, 4) is 35.5 Å². The van der Waals surface area contributed by atoms with Crippen molar-refractivity contribution in [3.05, 3.63) is 208 Å². The van der Waals surface area contributed by atoms with Crippen LogP contribution in [0, 0.1) is 69.2 Å². The van der Waals surface area contributed by atoms with Gasteiger partial charge in [-0.05, 0) is 188 Å². The normalized spacial score (nSPS) is 17.7. The Morgan fingerprint density at radius 2 is 0.902 bits per heavy atom. The third kappa shape index (κ3) is 19.6. The predicted octanol–water partition coefficient (Wildman–Crippen LogP) is 15.1. The summed E-state index contributed by atoms with van der Waals surface area (Å²) >= 11 is 22.4. The maximum Gasteiger partial charge on any atom is 0.244 e. The number of likely N-dealkylation sites (tertiary alicyclic amines) is 3. The van der Waals surface area contributed by atoms with E-state index in [-0.39, 0.29) is 78.4 Å². The number of aliphatic hydroxyl groups excluding tert-OH is 1. The maximum atomic E-state index is 14.5. The first-order chi connectivity index (χ1) is 48.6. The number of allylic oxidation sites excluding steroid dienone is 2. The zero-order valence-electron chi connectivity index (χ0n) is 57.1. The number of hydrogen-bond donors (Lipinski definition) is 5. The first-order valence-corrected chi connectivity index (χ1v) is 33.8. The second-order valence-corrected chi connectivity index (χ2v) is 27.6. The van der Waals surface area contributed by atoms with Gasteiger partial charge in [0.1, 0.15) is 36.4 Å². The Kier molecular flexibility index (Phi) is 25.3. The molecule has 6 heterocycles. The van der Waals surface area contributed by atoms with Crippen molar-refractivity contribution in [1.29, 1.82) is 0 Å². The lowest BCUT2D eigenvalue weighted by molar-refractivity contribution is -0.115. The molecule has 3 fully saturated rings. The molecule has 0 unspecified atom stereocenters. The van der Waals surface area contributed by atoms with Gasteiger partial charge in [-0.25, -0.2) is 43.1 Å². The molecule has 24 heteroatoms. The van der Waals surface area contributed by atoms with Crippen LogP contribution in [0.3, 0.4) is 0 Å². The summed E-state index contributed by atoms with van der Waals surface area (Å²) in [5.74, 6) is 19.2. The number of Topliss-reactive ketones (excluding diaryl/α,β-unsaturated/α-hetero) is 1. The molecule has 0 saturated carbocycles. The number of nitrogens with two attached hydrogens (primary N) is 1. The first-order valence-electron chi connectivity index (χ1n) is 32.3. The molecule has 0 radical (unpaired) electrons. The number of benzene rings is 6. The molecule has 9 aromatic rings. The highest BCUT2D eigenvalue weighted by atomic mass is 35.5. The second kappa shape index (κ2) is 33.8. The Labute approximate surface area is 610 Å². The van der Waals surface area contributed by atoms with Crippen molar-refractivity contribution in [2.24, 2.45) is 16.2 Å². The zero-order chi connectivity index (χ0) is 73.6. The SMILES string of the molecule is C=C(CO)C(=O)Cc1cc2c(Nc3cccc(Cl)c3F)ncnc2cc1C#C[C@@]1(C)CCN(C)C1.C=CC(=O)Cc1cc2c(Nc3cccc(Cl)c3F)ncnc2cc1C#C[C@@]1(C)CCN(C)C1.C=CC(=O)Cl.CN1CC[C@](C)(C#Cc2cc3ncnc(Nc4cccc(Cl)c4F)c3cc2N)C1. The van der Waals surface area contributed by atoms with E-state index in [0.29, 0.717) is 67.0 Å². The third-order valence-electron chi connectivity index (χ3n) is 17.3. The quantitative estimate of drug-likeness (QED) is 0.0296. The molecule has 6 aromatic carbocycles. The number of nitrogens with zero attached hydrogens (tertiary/aromatic N) is 9. The van der Waals surface area contributed by atoms with E-state index in [9.17, 15) is 32.7 Å². The molecule has 0 aliphatic carbocycles. The number of fused-ring (bicyclic) bond motifs is 3. The van der Waals surface area contributed by atoms with Gasteiger partial charge >= 0.3 is 0 Å². The molecule has 102 heavy (non-hydrogen) atoms. The maximum absolute atomic E-state index is 14.5. The summed E-state index contributed by atoms with van der Waals surface area (Å²) in [6.45, 7) is 22.1. The zero-order valence-corrected chi connectivity index (χ0v) is 60.1. The van der Waals surface area contributed by atoms with Gasteiger partial charge in [0.25, 0.3) is 0 Å². The van der Waals surface area contributed by atoms with Crippen molar-refractivity contribution < 1.29 is 32.7 Å². The Hall–Kier alpha value is -9.76. The molecule has 6 N–H and O–H groups in total. The molecule has 3 saturated heterocycles. The number of ketones is 2. The minimum absolute atomic E-state index is 0.00854. The van der Waals surface area contributed by atoms with Crippen LogP contribution < -0.4 is 21.7 Å². The average Bonchev–Trinajstić information content (AvgIpc) is 1.32. The minimum Gasteiger partial charge on any atom is -0.398 e. The number of carbonyl (C=O) groups excluding carboxylic acids is 3. The highest BCUT2D eigenvalue weighted by Crippen LogP contribution is 2.36. The summed E-state index contributed by atoms with van der Waals surface area (Å²) in [6.07, 6.45) is 9.71. The van der Waals surface area contributed by atoms with Crippen molar-refractivity contribution in [3.63, 3.8) is 0 Å². The Morgan fingerprint density at radius 3 is 1.24 bits per heavy atom. The van der Waals surface area contributed by atoms with E-state index < -0.39 is 29.3 Å². The number of aromatic nitrogens is 6. The molecule has 0 amide bonds. The van der Waals surface area contributed by atoms with E-state index in [2.05, 4.69) is 158 Å². The number of rotatable bonds is 14. The topological polar surface area (TPSA) is 221 Å². The van der Waals surface area contributed by atoms with Crippen LogP contribution in [0.2, 0.25) is 15.1 Å². The van der Waals surface area contributed by atoms with Gasteiger partial charge in [-0.15, -0.1) is 0 Å². The fourth-order valence-corrected chi connectivity index (χ4v) is 12.2. The highest BCUT2D eigenvalue weighted by molar-refractivity contribution is 6.66. The molecule has 3 aliphatic heterocycles. The number of nitrogens with one attached hydrogen (secondary N) is 3. The van der Waals surface area contributed by atoms with E-state index in [1.165, 1.54) is 43.3 Å². The number of halogens is 7. The van der Waals surface area contributed by atoms with E-state index in [1.807, 2.05) is 24.3 Å². The fraction of sp³-hybridized carbons (Fsp3) is 0.269. The lowest BCUT2D eigenvalue weighted by Gasteiger charge is -2.16. The lowest BCUT2D eigenvalue weighted by atomic mass is 9.89. The van der Waals surface area contributed by atoms with Crippen LogP contribution in [0.25, 0.3) is 32.7 Å². The molecule has 3 atom stereocenters. The molecule has 17 nitrogen and oxygen atoms in total. The van der Waals surface area contributed by atoms with Crippen molar-refractivity contribution in [2.75, 3.05) is 88.7 Å². The monoisotopic (exact) mass is 1450 g/mol. The molecule has 12 rings (SSSR count). The Morgan fingerprint density at radius 1 is 0.559 bits per heavy atom. The molecule has 3 aromatic heterocycles. The summed E-state index contributed by atoms with van der Waals surface area (Å²) < 4.78 is 43.2. The van der Waals surface area contributed by atoms with E-state index in [0.717, 1.165) is 81.3 Å². The molecular weight excluding hydrogens is 1380 g/mol. The fourth-order valence-electron chi connectivity index (χ4n) is 11.7. The summed E-state index contributed by atoms with van der Waals surface area (Å²) in [7, 11) is 6.26. The standard InChI is InChI=1S/C27H26ClFN4O2.C26H24ClFN4O.C22H21ClFN5.C3H3ClO/c1-17(14-34)24(35)13-19-11-20-23(12-18(19)7-8-27(2)9-10-33(3)15-27)30-16-31-26(20)32-22-6-4-5-21(28)25(22)29;1-4-19(33)12-18-13-20-23(14-17(18)8-9-26(2)10-11-32(3)15-26)29-16-30-25(20)31-22-7-5-6-21(27)24(22)28;1-22(8-9-29(2)12-22)7-6-14-10-19-15(11-17(14)25)21(27-13-26-19)28-18-5-3-4-16(23)20(18)24;1-2-3(4)5/h4-6,11-12,16,34H,1,9-10,13-15H2,2-3H3,(H,30,31,32);4-7,13-14,16H,1,10-12,15H2,2-3H3,(H,29,30,31);3-5,10-11,13H,8-9,12,25H2,1-2H3,(H,26,27,28);2H,1H2/t27-;26-;22-;/m000./s1. The van der Waals surface area contributed by atoms with Crippen LogP contribution in [0.15, 0.2) is 147 Å². The number of nitrogen functional groups attached to an aromatic ring is 1. The first kappa shape index (κ1) is 76.4. The van der Waals surface area contributed by atoms with Crippen LogP contribution >= 0.6 is 46.4 Å². The van der Waals surface area contributed by atoms with Crippen molar-refractivity contribution >= 4 is 136 Å². The second-order valence-electron chi connectivity index (χ2n) is 26.0.